The molecule has 3 aliphatic rings. The van der Waals surface area contributed by atoms with Crippen LogP contribution < -0.4 is 0 Å². The number of carbonyl (C=O) groups excluding carboxylic acids is 5. The van der Waals surface area contributed by atoms with Gasteiger partial charge in [-0.3, -0.25) is 24.0 Å². The summed E-state index contributed by atoms with van der Waals surface area (Å²) in [4.78, 5) is 63.9. The molecule has 7 heteroatoms. The molecule has 1 aliphatic carbocycles. The third-order valence-electron chi connectivity index (χ3n) is 8.79. The number of ketones is 1. The second-order valence-electron chi connectivity index (χ2n) is 11.5. The molecule has 0 N–H and O–H groups in total. The molecule has 4 rings (SSSR count). The first-order chi connectivity index (χ1) is 18.9. The standard InChI is InChI=1S/C32H42O7/c1-2-3-4-5-6-7-8-9-10-11-12-13-14-19-24(33)28-26(23-20-25(34)38-30(23)35)21-17-15-16-18-22(21)27-29(28)32(37)39-31(27)36/h15-18,23,26-29H,2-14,19-20H2,1H3. The van der Waals surface area contributed by atoms with E-state index in [9.17, 15) is 24.0 Å². The number of fused-ring (bicyclic) bond motifs is 3. The van der Waals surface area contributed by atoms with Gasteiger partial charge in [0, 0.05) is 18.3 Å². The van der Waals surface area contributed by atoms with E-state index in [1.165, 1.54) is 57.8 Å². The maximum Gasteiger partial charge on any atom is 0.321 e. The predicted molar refractivity (Wildman–Crippen MR) is 145 cm³/mol. The molecule has 0 aromatic heterocycles. The van der Waals surface area contributed by atoms with Crippen molar-refractivity contribution in [1.82, 2.24) is 0 Å². The molecule has 0 amide bonds. The van der Waals surface area contributed by atoms with Crippen LogP contribution in [0, 0.1) is 17.8 Å². The van der Waals surface area contributed by atoms with E-state index in [4.69, 9.17) is 9.47 Å². The number of hydrogen-bond donors (Lipinski definition) is 0. The number of cyclic esters (lactones) is 4. The van der Waals surface area contributed by atoms with Gasteiger partial charge >= 0.3 is 23.9 Å². The van der Waals surface area contributed by atoms with Crippen LogP contribution in [0.4, 0.5) is 0 Å². The van der Waals surface area contributed by atoms with Crippen LogP contribution in [-0.2, 0) is 33.4 Å². The molecular weight excluding hydrogens is 496 g/mol. The number of Topliss-reactive ketones (excluding diaryl/α,β-unsaturated/α-hetero) is 1. The van der Waals surface area contributed by atoms with Crippen molar-refractivity contribution in [3.8, 4) is 0 Å². The average molecular weight is 539 g/mol. The van der Waals surface area contributed by atoms with Crippen LogP contribution in [0.25, 0.3) is 0 Å². The summed E-state index contributed by atoms with van der Waals surface area (Å²) in [7, 11) is 0. The molecule has 1 aromatic rings. The lowest BCUT2D eigenvalue weighted by atomic mass is 9.59. The maximum atomic E-state index is 13.7. The minimum absolute atomic E-state index is 0.138. The molecule has 0 radical (unpaired) electrons. The van der Waals surface area contributed by atoms with Crippen molar-refractivity contribution < 1.29 is 33.4 Å². The molecule has 1 aromatic carbocycles. The SMILES string of the molecule is CCCCCCCCCCCCCCCC(=O)C1C2C(=O)OC(=O)C2c2ccccc2C1C1CC(=O)OC1=O. The number of benzene rings is 1. The van der Waals surface area contributed by atoms with Gasteiger partial charge in [-0.15, -0.1) is 0 Å². The van der Waals surface area contributed by atoms with Crippen LogP contribution >= 0.6 is 0 Å². The lowest BCUT2D eigenvalue weighted by Gasteiger charge is -2.39. The summed E-state index contributed by atoms with van der Waals surface area (Å²) in [6, 6.07) is 7.07. The third-order valence-corrected chi connectivity index (χ3v) is 8.79. The summed E-state index contributed by atoms with van der Waals surface area (Å²) in [5, 5.41) is 0. The molecule has 2 saturated heterocycles. The van der Waals surface area contributed by atoms with Crippen molar-refractivity contribution in [3.05, 3.63) is 35.4 Å². The van der Waals surface area contributed by atoms with Gasteiger partial charge in [-0.1, -0.05) is 108 Å². The molecule has 0 bridgehead atoms. The quantitative estimate of drug-likeness (QED) is 0.138. The monoisotopic (exact) mass is 538 g/mol. The van der Waals surface area contributed by atoms with E-state index in [2.05, 4.69) is 6.92 Å². The lowest BCUT2D eigenvalue weighted by molar-refractivity contribution is -0.157. The Morgan fingerprint density at radius 3 is 1.82 bits per heavy atom. The molecule has 212 valence electrons. The Morgan fingerprint density at radius 2 is 1.26 bits per heavy atom. The molecule has 2 aliphatic heterocycles. The second-order valence-corrected chi connectivity index (χ2v) is 11.5. The summed E-state index contributed by atoms with van der Waals surface area (Å²) in [6.45, 7) is 2.24. The van der Waals surface area contributed by atoms with E-state index in [0.717, 1.165) is 19.3 Å². The second kappa shape index (κ2) is 14.0. The topological polar surface area (TPSA) is 104 Å². The maximum absolute atomic E-state index is 13.7. The van der Waals surface area contributed by atoms with Gasteiger partial charge in [-0.05, 0) is 17.5 Å². The molecule has 7 nitrogen and oxygen atoms in total. The Morgan fingerprint density at radius 1 is 0.692 bits per heavy atom. The highest BCUT2D eigenvalue weighted by molar-refractivity contribution is 6.04. The van der Waals surface area contributed by atoms with Gasteiger partial charge in [0.25, 0.3) is 0 Å². The van der Waals surface area contributed by atoms with Crippen molar-refractivity contribution in [1.29, 1.82) is 0 Å². The van der Waals surface area contributed by atoms with Crippen LogP contribution in [0.15, 0.2) is 24.3 Å². The highest BCUT2D eigenvalue weighted by Crippen LogP contribution is 2.54. The van der Waals surface area contributed by atoms with Crippen molar-refractivity contribution in [3.63, 3.8) is 0 Å². The molecular formula is C32H42O7. The Kier molecular flexibility index (Phi) is 10.5. The molecule has 0 saturated carbocycles. The van der Waals surface area contributed by atoms with Crippen molar-refractivity contribution >= 4 is 29.7 Å². The van der Waals surface area contributed by atoms with E-state index >= 15 is 0 Å². The van der Waals surface area contributed by atoms with Crippen LogP contribution in [0.5, 0.6) is 0 Å². The number of unbranched alkanes of at least 4 members (excludes halogenated alkanes) is 12. The van der Waals surface area contributed by atoms with Crippen LogP contribution in [0.2, 0.25) is 0 Å². The summed E-state index contributed by atoms with van der Waals surface area (Å²) >= 11 is 0. The molecule has 2 fully saturated rings. The van der Waals surface area contributed by atoms with Gasteiger partial charge < -0.3 is 9.47 Å². The number of esters is 4. The lowest BCUT2D eigenvalue weighted by Crippen LogP contribution is -2.43. The van der Waals surface area contributed by atoms with Crippen molar-refractivity contribution in [2.75, 3.05) is 0 Å². The zero-order chi connectivity index (χ0) is 27.8. The third kappa shape index (κ3) is 6.85. The zero-order valence-electron chi connectivity index (χ0n) is 23.2. The number of hydrogen-bond acceptors (Lipinski definition) is 7. The first-order valence-corrected chi connectivity index (χ1v) is 15.1. The first kappa shape index (κ1) is 29.2. The van der Waals surface area contributed by atoms with Gasteiger partial charge in [0.15, 0.2) is 0 Å². The Bertz CT molecular complexity index is 1060. The molecule has 2 heterocycles. The molecule has 0 spiro atoms. The van der Waals surface area contributed by atoms with Crippen LogP contribution in [0.1, 0.15) is 126 Å². The predicted octanol–water partition coefficient (Wildman–Crippen LogP) is 6.32. The average Bonchev–Trinajstić information content (AvgIpc) is 3.41. The van der Waals surface area contributed by atoms with Crippen molar-refractivity contribution in [2.24, 2.45) is 17.8 Å². The van der Waals surface area contributed by atoms with Gasteiger partial charge in [0.1, 0.15) is 5.78 Å². The first-order valence-electron chi connectivity index (χ1n) is 15.1. The number of ether oxygens (including phenoxy) is 2. The molecule has 39 heavy (non-hydrogen) atoms. The Hall–Kier alpha value is -2.83. The molecule has 5 unspecified atom stereocenters. The van der Waals surface area contributed by atoms with Gasteiger partial charge in [0.2, 0.25) is 0 Å². The summed E-state index contributed by atoms with van der Waals surface area (Å²) in [6.07, 6.45) is 15.7. The van der Waals surface area contributed by atoms with Crippen LogP contribution in [-0.4, -0.2) is 29.7 Å². The van der Waals surface area contributed by atoms with E-state index in [1.54, 1.807) is 24.3 Å². The minimum Gasteiger partial charge on any atom is -0.393 e. The fraction of sp³-hybridized carbons (Fsp3) is 0.656. The van der Waals surface area contributed by atoms with Gasteiger partial charge in [-0.2, -0.15) is 0 Å². The summed E-state index contributed by atoms with van der Waals surface area (Å²) < 4.78 is 9.85. The van der Waals surface area contributed by atoms with E-state index in [0.29, 0.717) is 17.5 Å². The normalized spacial score (nSPS) is 25.8. The number of carbonyl (C=O) groups is 5. The fourth-order valence-corrected chi connectivity index (χ4v) is 6.82. The minimum atomic E-state index is -0.977. The van der Waals surface area contributed by atoms with Crippen molar-refractivity contribution in [2.45, 2.75) is 115 Å². The van der Waals surface area contributed by atoms with E-state index in [1.807, 2.05) is 0 Å². The fourth-order valence-electron chi connectivity index (χ4n) is 6.82. The van der Waals surface area contributed by atoms with Gasteiger partial charge in [0.05, 0.1) is 24.2 Å². The largest absolute Gasteiger partial charge is 0.393 e. The van der Waals surface area contributed by atoms with Gasteiger partial charge in [-0.25, -0.2) is 0 Å². The Labute approximate surface area is 231 Å². The summed E-state index contributed by atoms with van der Waals surface area (Å²) in [5.41, 5.74) is 1.26. The number of rotatable bonds is 16. The van der Waals surface area contributed by atoms with Crippen LogP contribution in [0.3, 0.4) is 0 Å². The highest BCUT2D eigenvalue weighted by atomic mass is 16.6. The summed E-state index contributed by atoms with van der Waals surface area (Å²) in [5.74, 6) is -7.11. The van der Waals surface area contributed by atoms with E-state index in [-0.39, 0.29) is 18.6 Å². The molecule has 5 atom stereocenters. The zero-order valence-corrected chi connectivity index (χ0v) is 23.2. The van der Waals surface area contributed by atoms with E-state index < -0.39 is 53.5 Å². The smallest absolute Gasteiger partial charge is 0.321 e. The highest BCUT2D eigenvalue weighted by Gasteiger charge is 2.60. The Balaban J connectivity index is 1.33.